The Morgan fingerprint density at radius 2 is 1.63 bits per heavy atom. The third kappa shape index (κ3) is 4.92. The van der Waals surface area contributed by atoms with Gasteiger partial charge in [0.15, 0.2) is 0 Å². The highest BCUT2D eigenvalue weighted by atomic mass is 32.1. The molecule has 0 unspecified atom stereocenters. The van der Waals surface area contributed by atoms with Crippen LogP contribution in [-0.4, -0.2) is 61.1 Å². The number of thiophene rings is 1. The molecular formula is C30H35N5O2S. The van der Waals surface area contributed by atoms with E-state index in [1.54, 1.807) is 7.11 Å². The third-order valence-corrected chi connectivity index (χ3v) is 8.52. The molecule has 1 fully saturated rings. The number of amides is 1. The van der Waals surface area contributed by atoms with E-state index < -0.39 is 0 Å². The van der Waals surface area contributed by atoms with Crippen LogP contribution in [0.25, 0.3) is 10.2 Å². The summed E-state index contributed by atoms with van der Waals surface area (Å²) in [5.74, 6) is 2.94. The van der Waals surface area contributed by atoms with Crippen LogP contribution in [0.5, 0.6) is 5.75 Å². The van der Waals surface area contributed by atoms with Crippen LogP contribution in [0.15, 0.2) is 48.5 Å². The minimum absolute atomic E-state index is 0.0763. The maximum atomic E-state index is 13.7. The molecule has 198 valence electrons. The van der Waals surface area contributed by atoms with Gasteiger partial charge < -0.3 is 19.4 Å². The van der Waals surface area contributed by atoms with Crippen molar-refractivity contribution in [1.29, 1.82) is 0 Å². The van der Waals surface area contributed by atoms with Crippen LogP contribution in [0.3, 0.4) is 0 Å². The Bertz CT molecular complexity index is 1440. The van der Waals surface area contributed by atoms with Gasteiger partial charge in [-0.1, -0.05) is 26.0 Å². The fourth-order valence-corrected chi connectivity index (χ4v) is 6.17. The van der Waals surface area contributed by atoms with E-state index in [1.807, 2.05) is 37.9 Å². The van der Waals surface area contributed by atoms with Gasteiger partial charge in [-0.15, -0.1) is 11.3 Å². The topological polar surface area (TPSA) is 61.8 Å². The predicted molar refractivity (Wildman–Crippen MR) is 157 cm³/mol. The van der Waals surface area contributed by atoms with Gasteiger partial charge in [0.1, 0.15) is 22.2 Å². The van der Waals surface area contributed by atoms with Gasteiger partial charge >= 0.3 is 0 Å². The molecule has 0 saturated carbocycles. The highest BCUT2D eigenvalue weighted by molar-refractivity contribution is 7.20. The molecule has 2 aromatic carbocycles. The number of anilines is 3. The van der Waals surface area contributed by atoms with E-state index in [2.05, 4.69) is 60.0 Å². The number of methoxy groups -OCH3 is 1. The van der Waals surface area contributed by atoms with Crippen molar-refractivity contribution in [2.45, 2.75) is 33.6 Å². The lowest BCUT2D eigenvalue weighted by molar-refractivity contribution is 0.0751. The number of fused-ring (bicyclic) bond motifs is 1. The predicted octanol–water partition coefficient (Wildman–Crippen LogP) is 6.17. The van der Waals surface area contributed by atoms with Gasteiger partial charge in [-0.3, -0.25) is 4.79 Å². The Labute approximate surface area is 228 Å². The van der Waals surface area contributed by atoms with E-state index >= 15 is 0 Å². The van der Waals surface area contributed by atoms with Gasteiger partial charge in [-0.2, -0.15) is 0 Å². The summed E-state index contributed by atoms with van der Waals surface area (Å²) in [4.78, 5) is 31.2. The number of aryl methyl sites for hydroxylation is 2. The zero-order chi connectivity index (χ0) is 27.0. The van der Waals surface area contributed by atoms with Crippen LogP contribution in [0.2, 0.25) is 0 Å². The first-order valence-corrected chi connectivity index (χ1v) is 13.9. The van der Waals surface area contributed by atoms with E-state index in [1.165, 1.54) is 16.9 Å². The molecule has 1 amide bonds. The number of hydrogen-bond donors (Lipinski definition) is 0. The molecule has 0 atom stereocenters. The van der Waals surface area contributed by atoms with Gasteiger partial charge in [-0.25, -0.2) is 9.97 Å². The minimum Gasteiger partial charge on any atom is -0.497 e. The van der Waals surface area contributed by atoms with Gasteiger partial charge in [0.2, 0.25) is 0 Å². The standard InChI is InChI=1S/C30H35N5O2S/c1-19(2)22-7-9-23(10-8-22)33(5)28-26-20(3)27(38-29(26)32-21(4)31-28)30(36)35-17-15-34(16-18-35)24-11-13-25(37-6)14-12-24/h7-14,19H,15-18H2,1-6H3. The lowest BCUT2D eigenvalue weighted by Gasteiger charge is -2.36. The molecule has 1 aliphatic rings. The van der Waals surface area contributed by atoms with Crippen molar-refractivity contribution < 1.29 is 9.53 Å². The summed E-state index contributed by atoms with van der Waals surface area (Å²) in [6.07, 6.45) is 0. The summed E-state index contributed by atoms with van der Waals surface area (Å²) in [7, 11) is 3.70. The fourth-order valence-electron chi connectivity index (χ4n) is 4.98. The zero-order valence-electron chi connectivity index (χ0n) is 23.0. The molecule has 0 aliphatic carbocycles. The molecule has 7 nitrogen and oxygen atoms in total. The number of ether oxygens (including phenoxy) is 1. The van der Waals surface area contributed by atoms with Crippen molar-refractivity contribution >= 4 is 44.7 Å². The first-order valence-electron chi connectivity index (χ1n) is 13.1. The summed E-state index contributed by atoms with van der Waals surface area (Å²) < 4.78 is 5.28. The van der Waals surface area contributed by atoms with Crippen LogP contribution in [-0.2, 0) is 0 Å². The number of carbonyl (C=O) groups is 1. The van der Waals surface area contributed by atoms with Crippen molar-refractivity contribution in [3.05, 3.63) is 70.4 Å². The van der Waals surface area contributed by atoms with Gasteiger partial charge in [0.05, 0.1) is 17.4 Å². The average Bonchev–Trinajstić information content (AvgIpc) is 3.27. The van der Waals surface area contributed by atoms with Crippen molar-refractivity contribution in [2.75, 3.05) is 50.1 Å². The molecule has 38 heavy (non-hydrogen) atoms. The fraction of sp³-hybridized carbons (Fsp3) is 0.367. The Hall–Kier alpha value is -3.65. The second kappa shape index (κ2) is 10.6. The average molecular weight is 530 g/mol. The van der Waals surface area contributed by atoms with Crippen LogP contribution >= 0.6 is 11.3 Å². The first-order chi connectivity index (χ1) is 18.3. The van der Waals surface area contributed by atoms with Gasteiger partial charge in [-0.05, 0) is 67.3 Å². The van der Waals surface area contributed by atoms with Crippen molar-refractivity contribution in [3.63, 3.8) is 0 Å². The summed E-state index contributed by atoms with van der Waals surface area (Å²) >= 11 is 1.48. The SMILES string of the molecule is COc1ccc(N2CCN(C(=O)c3sc4nc(C)nc(N(C)c5ccc(C(C)C)cc5)c4c3C)CC2)cc1. The van der Waals surface area contributed by atoms with Gasteiger partial charge in [0.25, 0.3) is 5.91 Å². The zero-order valence-corrected chi connectivity index (χ0v) is 23.8. The summed E-state index contributed by atoms with van der Waals surface area (Å²) in [6.45, 7) is 11.3. The third-order valence-electron chi connectivity index (χ3n) is 7.35. The Morgan fingerprint density at radius 1 is 0.974 bits per heavy atom. The largest absolute Gasteiger partial charge is 0.497 e. The Balaban J connectivity index is 1.39. The molecule has 8 heteroatoms. The smallest absolute Gasteiger partial charge is 0.264 e. The summed E-state index contributed by atoms with van der Waals surface area (Å²) in [5, 5.41) is 0.955. The molecule has 1 saturated heterocycles. The number of nitrogens with zero attached hydrogens (tertiary/aromatic N) is 5. The number of rotatable bonds is 6. The lowest BCUT2D eigenvalue weighted by atomic mass is 10.0. The first kappa shape index (κ1) is 26.0. The summed E-state index contributed by atoms with van der Waals surface area (Å²) in [6, 6.07) is 16.7. The highest BCUT2D eigenvalue weighted by Crippen LogP contribution is 2.38. The molecule has 3 heterocycles. The maximum absolute atomic E-state index is 13.7. The quantitative estimate of drug-likeness (QED) is 0.298. The second-order valence-electron chi connectivity index (χ2n) is 10.1. The van der Waals surface area contributed by atoms with E-state index in [0.29, 0.717) is 24.8 Å². The van der Waals surface area contributed by atoms with Crippen molar-refractivity contribution in [1.82, 2.24) is 14.9 Å². The summed E-state index contributed by atoms with van der Waals surface area (Å²) in [5.41, 5.74) is 4.46. The number of hydrogen-bond acceptors (Lipinski definition) is 7. The lowest BCUT2D eigenvalue weighted by Crippen LogP contribution is -2.48. The molecule has 0 N–H and O–H groups in total. The molecule has 2 aromatic heterocycles. The number of carbonyl (C=O) groups excluding carboxylic acids is 1. The van der Waals surface area contributed by atoms with Crippen LogP contribution in [0.1, 0.15) is 46.4 Å². The Kier molecular flexibility index (Phi) is 7.25. The van der Waals surface area contributed by atoms with E-state index in [9.17, 15) is 4.79 Å². The Morgan fingerprint density at radius 3 is 2.24 bits per heavy atom. The van der Waals surface area contributed by atoms with Crippen molar-refractivity contribution in [2.24, 2.45) is 0 Å². The molecular weight excluding hydrogens is 494 g/mol. The van der Waals surface area contributed by atoms with E-state index in [-0.39, 0.29) is 5.91 Å². The second-order valence-corrected chi connectivity index (χ2v) is 11.1. The molecule has 5 rings (SSSR count). The van der Waals surface area contributed by atoms with Gasteiger partial charge in [0, 0.05) is 44.6 Å². The van der Waals surface area contributed by atoms with Crippen LogP contribution in [0, 0.1) is 13.8 Å². The van der Waals surface area contributed by atoms with E-state index in [4.69, 9.17) is 14.7 Å². The molecule has 0 spiro atoms. The molecule has 0 bridgehead atoms. The molecule has 4 aromatic rings. The van der Waals surface area contributed by atoms with E-state index in [0.717, 1.165) is 56.7 Å². The van der Waals surface area contributed by atoms with Crippen LogP contribution in [0.4, 0.5) is 17.2 Å². The minimum atomic E-state index is 0.0763. The van der Waals surface area contributed by atoms with Crippen molar-refractivity contribution in [3.8, 4) is 5.75 Å². The molecule has 1 aliphatic heterocycles. The number of aromatic nitrogens is 2. The monoisotopic (exact) mass is 529 g/mol. The maximum Gasteiger partial charge on any atom is 0.264 e. The number of benzene rings is 2. The normalized spacial score (nSPS) is 13.9. The highest BCUT2D eigenvalue weighted by Gasteiger charge is 2.28. The number of piperazine rings is 1. The van der Waals surface area contributed by atoms with Crippen LogP contribution < -0.4 is 14.5 Å². The molecule has 0 radical (unpaired) electrons.